The third-order valence-electron chi connectivity index (χ3n) is 2.92. The van der Waals surface area contributed by atoms with Crippen molar-refractivity contribution in [3.63, 3.8) is 0 Å². The molecule has 1 atom stereocenters. The van der Waals surface area contributed by atoms with Crippen LogP contribution in [0.2, 0.25) is 0 Å². The molecule has 98 valence electrons. The first kappa shape index (κ1) is 13.0. The molecular weight excluding hydrogens is 246 g/mol. The molecule has 2 rings (SSSR count). The summed E-state index contributed by atoms with van der Waals surface area (Å²) in [5, 5.41) is 10.00. The van der Waals surface area contributed by atoms with Crippen LogP contribution in [0.3, 0.4) is 0 Å². The minimum atomic E-state index is -1.21. The third-order valence-corrected chi connectivity index (χ3v) is 2.92. The van der Waals surface area contributed by atoms with Gasteiger partial charge in [-0.25, -0.2) is 0 Å². The van der Waals surface area contributed by atoms with E-state index in [1.165, 1.54) is 7.11 Å². The average molecular weight is 259 g/mol. The van der Waals surface area contributed by atoms with E-state index in [-0.39, 0.29) is 6.42 Å². The first-order chi connectivity index (χ1) is 9.13. The fourth-order valence-corrected chi connectivity index (χ4v) is 1.97. The van der Waals surface area contributed by atoms with Gasteiger partial charge >= 0.3 is 11.9 Å². The fraction of sp³-hybridized carbons (Fsp3) is 0.214. The molecule has 5 nitrogen and oxygen atoms in total. The van der Waals surface area contributed by atoms with Crippen molar-refractivity contribution in [3.8, 4) is 0 Å². The minimum Gasteiger partial charge on any atom is -0.481 e. The summed E-state index contributed by atoms with van der Waals surface area (Å²) in [6.07, 6.45) is 1.70. The van der Waals surface area contributed by atoms with Gasteiger partial charge in [-0.2, -0.15) is 0 Å². The fourth-order valence-electron chi connectivity index (χ4n) is 1.97. The number of rotatable bonds is 4. The number of aromatic nitrogens is 1. The highest BCUT2D eigenvalue weighted by atomic mass is 16.5. The molecule has 0 fully saturated rings. The molecule has 5 heteroatoms. The molecule has 1 aromatic heterocycles. The first-order valence-electron chi connectivity index (χ1n) is 5.76. The van der Waals surface area contributed by atoms with Crippen LogP contribution in [0.5, 0.6) is 0 Å². The van der Waals surface area contributed by atoms with Crippen LogP contribution < -0.4 is 0 Å². The number of esters is 1. The SMILES string of the molecule is COC(=O)C(Cc1cccc2cccnc12)C(=O)O. The zero-order valence-electron chi connectivity index (χ0n) is 10.4. The predicted octanol–water partition coefficient (Wildman–Crippen LogP) is 1.65. The predicted molar refractivity (Wildman–Crippen MR) is 68.6 cm³/mol. The third kappa shape index (κ3) is 2.70. The van der Waals surface area contributed by atoms with Crippen LogP contribution in [0, 0.1) is 5.92 Å². The molecule has 1 heterocycles. The topological polar surface area (TPSA) is 76.5 Å². The van der Waals surface area contributed by atoms with Crippen molar-refractivity contribution in [2.24, 2.45) is 5.92 Å². The van der Waals surface area contributed by atoms with Gasteiger partial charge in [0.15, 0.2) is 5.92 Å². The maximum absolute atomic E-state index is 11.5. The Kier molecular flexibility index (Phi) is 3.75. The van der Waals surface area contributed by atoms with E-state index in [2.05, 4.69) is 9.72 Å². The molecule has 0 amide bonds. The summed E-state index contributed by atoms with van der Waals surface area (Å²) in [5.41, 5.74) is 1.43. The van der Waals surface area contributed by atoms with Gasteiger partial charge in [-0.05, 0) is 18.1 Å². The molecule has 0 aliphatic rings. The lowest BCUT2D eigenvalue weighted by Gasteiger charge is -2.11. The van der Waals surface area contributed by atoms with Gasteiger partial charge in [-0.15, -0.1) is 0 Å². The van der Waals surface area contributed by atoms with Crippen molar-refractivity contribution < 1.29 is 19.4 Å². The highest BCUT2D eigenvalue weighted by Gasteiger charge is 2.28. The van der Waals surface area contributed by atoms with Gasteiger partial charge in [0.25, 0.3) is 0 Å². The Bertz CT molecular complexity index is 618. The molecule has 19 heavy (non-hydrogen) atoms. The quantitative estimate of drug-likeness (QED) is 0.667. The zero-order valence-corrected chi connectivity index (χ0v) is 10.4. The van der Waals surface area contributed by atoms with Crippen LogP contribution in [0.4, 0.5) is 0 Å². The Balaban J connectivity index is 2.39. The highest BCUT2D eigenvalue weighted by molar-refractivity contribution is 5.95. The van der Waals surface area contributed by atoms with Crippen LogP contribution in [-0.4, -0.2) is 29.1 Å². The molecule has 0 aliphatic carbocycles. The Morgan fingerprint density at radius 1 is 1.32 bits per heavy atom. The summed E-state index contributed by atoms with van der Waals surface area (Å²) in [5.74, 6) is -3.15. The number of hydrogen-bond donors (Lipinski definition) is 1. The number of carbonyl (C=O) groups is 2. The number of carboxylic acid groups (broad SMARTS) is 1. The summed E-state index contributed by atoms with van der Waals surface area (Å²) in [4.78, 5) is 26.8. The van der Waals surface area contributed by atoms with Gasteiger partial charge in [0.05, 0.1) is 12.6 Å². The van der Waals surface area contributed by atoms with Crippen molar-refractivity contribution in [2.75, 3.05) is 7.11 Å². The van der Waals surface area contributed by atoms with Crippen LogP contribution in [0.15, 0.2) is 36.5 Å². The van der Waals surface area contributed by atoms with Crippen LogP contribution in [0.25, 0.3) is 10.9 Å². The number of aliphatic carboxylic acids is 1. The Morgan fingerprint density at radius 2 is 2.05 bits per heavy atom. The van der Waals surface area contributed by atoms with E-state index in [9.17, 15) is 9.59 Å². The first-order valence-corrected chi connectivity index (χ1v) is 5.76. The van der Waals surface area contributed by atoms with E-state index in [0.29, 0.717) is 5.52 Å². The van der Waals surface area contributed by atoms with Crippen molar-refractivity contribution >= 4 is 22.8 Å². The number of benzene rings is 1. The van der Waals surface area contributed by atoms with E-state index >= 15 is 0 Å². The summed E-state index contributed by atoms with van der Waals surface area (Å²) in [7, 11) is 1.18. The second kappa shape index (κ2) is 5.48. The van der Waals surface area contributed by atoms with Crippen molar-refractivity contribution in [2.45, 2.75) is 6.42 Å². The summed E-state index contributed by atoms with van der Waals surface area (Å²) < 4.78 is 4.52. The highest BCUT2D eigenvalue weighted by Crippen LogP contribution is 2.20. The smallest absolute Gasteiger partial charge is 0.320 e. The van der Waals surface area contributed by atoms with Gasteiger partial charge in [-0.1, -0.05) is 24.3 Å². The van der Waals surface area contributed by atoms with Crippen molar-refractivity contribution in [1.82, 2.24) is 4.98 Å². The lowest BCUT2D eigenvalue weighted by Crippen LogP contribution is -2.27. The van der Waals surface area contributed by atoms with E-state index < -0.39 is 17.9 Å². The maximum Gasteiger partial charge on any atom is 0.320 e. The number of hydrogen-bond acceptors (Lipinski definition) is 4. The van der Waals surface area contributed by atoms with Gasteiger partial charge < -0.3 is 9.84 Å². The summed E-state index contributed by atoms with van der Waals surface area (Å²) in [6, 6.07) is 9.17. The van der Waals surface area contributed by atoms with E-state index in [1.807, 2.05) is 18.2 Å². The molecule has 0 radical (unpaired) electrons. The number of para-hydroxylation sites is 1. The second-order valence-electron chi connectivity index (χ2n) is 4.11. The molecule has 2 aromatic rings. The average Bonchev–Trinajstić information content (AvgIpc) is 2.43. The van der Waals surface area contributed by atoms with Crippen LogP contribution in [0.1, 0.15) is 5.56 Å². The van der Waals surface area contributed by atoms with E-state index in [4.69, 9.17) is 5.11 Å². The van der Waals surface area contributed by atoms with Crippen molar-refractivity contribution in [1.29, 1.82) is 0 Å². The van der Waals surface area contributed by atoms with Crippen LogP contribution in [-0.2, 0) is 20.7 Å². The molecule has 0 spiro atoms. The van der Waals surface area contributed by atoms with Gasteiger partial charge in [-0.3, -0.25) is 14.6 Å². The number of nitrogens with zero attached hydrogens (tertiary/aromatic N) is 1. The Labute approximate surface area is 109 Å². The second-order valence-corrected chi connectivity index (χ2v) is 4.11. The Morgan fingerprint density at radius 3 is 2.74 bits per heavy atom. The lowest BCUT2D eigenvalue weighted by molar-refractivity contribution is -0.156. The normalized spacial score (nSPS) is 12.1. The number of carbonyl (C=O) groups excluding carboxylic acids is 1. The molecular formula is C14H13NO4. The number of carboxylic acids is 1. The zero-order chi connectivity index (χ0) is 13.8. The van der Waals surface area contributed by atoms with Gasteiger partial charge in [0.1, 0.15) is 0 Å². The van der Waals surface area contributed by atoms with Gasteiger partial charge in [0.2, 0.25) is 0 Å². The maximum atomic E-state index is 11.5. The molecule has 1 N–H and O–H groups in total. The molecule has 1 unspecified atom stereocenters. The Hall–Kier alpha value is -2.43. The number of fused-ring (bicyclic) bond motifs is 1. The summed E-state index contributed by atoms with van der Waals surface area (Å²) in [6.45, 7) is 0. The van der Waals surface area contributed by atoms with Crippen LogP contribution >= 0.6 is 0 Å². The summed E-state index contributed by atoms with van der Waals surface area (Å²) >= 11 is 0. The number of pyridine rings is 1. The largest absolute Gasteiger partial charge is 0.481 e. The molecule has 0 aliphatic heterocycles. The molecule has 0 saturated heterocycles. The monoisotopic (exact) mass is 259 g/mol. The molecule has 1 aromatic carbocycles. The van der Waals surface area contributed by atoms with Crippen molar-refractivity contribution in [3.05, 3.63) is 42.1 Å². The molecule has 0 saturated carbocycles. The number of ether oxygens (including phenoxy) is 1. The lowest BCUT2D eigenvalue weighted by atomic mass is 9.97. The van der Waals surface area contributed by atoms with E-state index in [1.54, 1.807) is 18.3 Å². The van der Waals surface area contributed by atoms with E-state index in [0.717, 1.165) is 10.9 Å². The molecule has 0 bridgehead atoms. The van der Waals surface area contributed by atoms with Gasteiger partial charge in [0, 0.05) is 11.6 Å². The minimum absolute atomic E-state index is 0.0658. The standard InChI is InChI=1S/C14H13NO4/c1-19-14(18)11(13(16)17)8-10-5-2-4-9-6-3-7-15-12(9)10/h2-7,11H,8H2,1H3,(H,16,17). The number of methoxy groups -OCH3 is 1.